The predicted octanol–water partition coefficient (Wildman–Crippen LogP) is 4.32. The molecule has 78 valence electrons. The van der Waals surface area contributed by atoms with Crippen molar-refractivity contribution >= 4 is 46.4 Å². The number of halogens is 4. The maximum absolute atomic E-state index is 6.58. The Labute approximate surface area is 104 Å². The van der Waals surface area contributed by atoms with Gasteiger partial charge in [-0.3, -0.25) is 0 Å². The zero-order valence-electron chi connectivity index (χ0n) is 7.44. The molecule has 0 aromatic heterocycles. The summed E-state index contributed by atoms with van der Waals surface area (Å²) in [6.45, 7) is 0. The van der Waals surface area contributed by atoms with Crippen LogP contribution in [0.4, 0.5) is 0 Å². The standard InChI is InChI=1S/C10H10Cl4/c11-7-3-5-4-1-2-6(5)10(7,14)9(13)8(4)12/h4-7H,1-3H2. The van der Waals surface area contributed by atoms with Gasteiger partial charge in [0.05, 0.1) is 10.4 Å². The third-order valence-corrected chi connectivity index (χ3v) is 6.71. The molecular weight excluding hydrogens is 262 g/mol. The van der Waals surface area contributed by atoms with E-state index in [4.69, 9.17) is 46.4 Å². The van der Waals surface area contributed by atoms with Crippen LogP contribution in [0, 0.1) is 17.8 Å². The number of alkyl halides is 2. The Bertz CT molecular complexity index is 324. The van der Waals surface area contributed by atoms with Crippen molar-refractivity contribution in [2.75, 3.05) is 0 Å². The van der Waals surface area contributed by atoms with Crippen LogP contribution in [0.1, 0.15) is 19.3 Å². The first-order valence-corrected chi connectivity index (χ1v) is 6.52. The van der Waals surface area contributed by atoms with E-state index in [0.29, 0.717) is 22.8 Å². The lowest BCUT2D eigenvalue weighted by Gasteiger charge is -2.35. The lowest BCUT2D eigenvalue weighted by atomic mass is 9.83. The minimum atomic E-state index is -0.558. The van der Waals surface area contributed by atoms with E-state index in [0.717, 1.165) is 24.3 Å². The molecule has 4 bridgehead atoms. The highest BCUT2D eigenvalue weighted by molar-refractivity contribution is 6.47. The molecule has 0 aromatic carbocycles. The van der Waals surface area contributed by atoms with Crippen LogP contribution in [-0.4, -0.2) is 10.3 Å². The van der Waals surface area contributed by atoms with Crippen LogP contribution >= 0.6 is 46.4 Å². The quantitative estimate of drug-likeness (QED) is 0.576. The highest BCUT2D eigenvalue weighted by atomic mass is 35.5. The van der Waals surface area contributed by atoms with Crippen molar-refractivity contribution < 1.29 is 0 Å². The second-order valence-corrected chi connectivity index (χ2v) is 6.52. The van der Waals surface area contributed by atoms with Gasteiger partial charge >= 0.3 is 0 Å². The molecule has 4 heteroatoms. The highest BCUT2D eigenvalue weighted by Gasteiger charge is 2.63. The monoisotopic (exact) mass is 270 g/mol. The van der Waals surface area contributed by atoms with Gasteiger partial charge in [-0.1, -0.05) is 23.2 Å². The molecule has 3 rings (SSSR count). The molecule has 0 radical (unpaired) electrons. The van der Waals surface area contributed by atoms with Gasteiger partial charge in [-0.25, -0.2) is 0 Å². The Kier molecular flexibility index (Phi) is 2.14. The van der Waals surface area contributed by atoms with Gasteiger partial charge in [0.2, 0.25) is 0 Å². The van der Waals surface area contributed by atoms with Gasteiger partial charge in [0, 0.05) is 5.03 Å². The molecule has 0 aliphatic heterocycles. The Hall–Kier alpha value is 0.900. The summed E-state index contributed by atoms with van der Waals surface area (Å²) in [6, 6.07) is 0. The fourth-order valence-electron chi connectivity index (χ4n) is 3.52. The lowest BCUT2D eigenvalue weighted by molar-refractivity contribution is 0.360. The average molecular weight is 272 g/mol. The van der Waals surface area contributed by atoms with Gasteiger partial charge in [-0.05, 0) is 37.0 Å². The molecule has 0 spiro atoms. The number of rotatable bonds is 0. The fourth-order valence-corrected chi connectivity index (χ4v) is 5.40. The van der Waals surface area contributed by atoms with Crippen molar-refractivity contribution in [2.45, 2.75) is 29.5 Å². The molecule has 2 fully saturated rings. The highest BCUT2D eigenvalue weighted by Crippen LogP contribution is 2.67. The summed E-state index contributed by atoms with van der Waals surface area (Å²) in [7, 11) is 0. The van der Waals surface area contributed by atoms with Crippen LogP contribution in [-0.2, 0) is 0 Å². The molecule has 0 aromatic rings. The van der Waals surface area contributed by atoms with E-state index in [-0.39, 0.29) is 5.38 Å². The van der Waals surface area contributed by atoms with Gasteiger partial charge in [-0.15, -0.1) is 23.2 Å². The van der Waals surface area contributed by atoms with Crippen molar-refractivity contribution in [2.24, 2.45) is 17.8 Å². The van der Waals surface area contributed by atoms with Crippen molar-refractivity contribution in [3.63, 3.8) is 0 Å². The lowest BCUT2D eigenvalue weighted by Crippen LogP contribution is -2.37. The van der Waals surface area contributed by atoms with Crippen LogP contribution in [0.3, 0.4) is 0 Å². The van der Waals surface area contributed by atoms with Crippen molar-refractivity contribution in [1.82, 2.24) is 0 Å². The third kappa shape index (κ3) is 0.948. The minimum absolute atomic E-state index is 0.0503. The average Bonchev–Trinajstić information content (AvgIpc) is 2.61. The van der Waals surface area contributed by atoms with E-state index in [1.165, 1.54) is 0 Å². The molecule has 0 N–H and O–H groups in total. The predicted molar refractivity (Wildman–Crippen MR) is 61.3 cm³/mol. The smallest absolute Gasteiger partial charge is 0.101 e. The van der Waals surface area contributed by atoms with E-state index in [1.807, 2.05) is 0 Å². The molecule has 5 unspecified atom stereocenters. The van der Waals surface area contributed by atoms with Gasteiger partial charge in [0.1, 0.15) is 4.87 Å². The summed E-state index contributed by atoms with van der Waals surface area (Å²) in [5, 5.41) is 1.36. The number of hydrogen-bond donors (Lipinski definition) is 0. The fraction of sp³-hybridized carbons (Fsp3) is 0.800. The summed E-state index contributed by atoms with van der Waals surface area (Å²) in [4.78, 5) is -0.558. The minimum Gasteiger partial charge on any atom is -0.121 e. The molecule has 0 saturated heterocycles. The van der Waals surface area contributed by atoms with Crippen LogP contribution in [0.2, 0.25) is 0 Å². The molecule has 3 aliphatic carbocycles. The van der Waals surface area contributed by atoms with Crippen LogP contribution in [0.15, 0.2) is 10.1 Å². The van der Waals surface area contributed by atoms with E-state index < -0.39 is 4.87 Å². The Balaban J connectivity index is 2.20. The van der Waals surface area contributed by atoms with Crippen molar-refractivity contribution in [3.05, 3.63) is 10.1 Å². The van der Waals surface area contributed by atoms with Gasteiger partial charge in [-0.2, -0.15) is 0 Å². The number of allylic oxidation sites excluding steroid dienone is 2. The van der Waals surface area contributed by atoms with Gasteiger partial charge < -0.3 is 0 Å². The second-order valence-electron chi connectivity index (χ2n) is 4.59. The Morgan fingerprint density at radius 2 is 1.93 bits per heavy atom. The van der Waals surface area contributed by atoms with Gasteiger partial charge in [0.25, 0.3) is 0 Å². The number of hydrogen-bond acceptors (Lipinski definition) is 0. The SMILES string of the molecule is ClC1=C(Cl)C2(Cl)C(Cl)CC3C1CCC32. The van der Waals surface area contributed by atoms with E-state index in [2.05, 4.69) is 0 Å². The summed E-state index contributed by atoms with van der Waals surface area (Å²) < 4.78 is 0. The van der Waals surface area contributed by atoms with E-state index in [9.17, 15) is 0 Å². The zero-order valence-corrected chi connectivity index (χ0v) is 10.5. The first-order chi connectivity index (χ1) is 6.56. The maximum Gasteiger partial charge on any atom is 0.101 e. The molecule has 2 saturated carbocycles. The normalized spacial score (nSPS) is 55.7. The van der Waals surface area contributed by atoms with Crippen LogP contribution in [0.25, 0.3) is 0 Å². The molecule has 14 heavy (non-hydrogen) atoms. The first-order valence-electron chi connectivity index (χ1n) is 4.95. The first kappa shape index (κ1) is 10.1. The summed E-state index contributed by atoms with van der Waals surface area (Å²) >= 11 is 25.4. The van der Waals surface area contributed by atoms with Crippen LogP contribution < -0.4 is 0 Å². The Morgan fingerprint density at radius 3 is 2.64 bits per heavy atom. The molecular formula is C10H10Cl4. The molecule has 5 atom stereocenters. The van der Waals surface area contributed by atoms with Crippen molar-refractivity contribution in [1.29, 1.82) is 0 Å². The summed E-state index contributed by atoms with van der Waals surface area (Å²) in [6.07, 6.45) is 3.21. The largest absolute Gasteiger partial charge is 0.121 e. The molecule has 0 amide bonds. The Morgan fingerprint density at radius 1 is 1.21 bits per heavy atom. The molecule has 0 nitrogen and oxygen atoms in total. The maximum atomic E-state index is 6.58. The van der Waals surface area contributed by atoms with Gasteiger partial charge in [0.15, 0.2) is 0 Å². The van der Waals surface area contributed by atoms with Crippen molar-refractivity contribution in [3.8, 4) is 0 Å². The topological polar surface area (TPSA) is 0 Å². The third-order valence-electron chi connectivity index (χ3n) is 4.17. The van der Waals surface area contributed by atoms with Crippen LogP contribution in [0.5, 0.6) is 0 Å². The second kappa shape index (κ2) is 2.97. The van der Waals surface area contributed by atoms with E-state index in [1.54, 1.807) is 0 Å². The summed E-state index contributed by atoms with van der Waals surface area (Å²) in [5.41, 5.74) is 0. The summed E-state index contributed by atoms with van der Waals surface area (Å²) in [5.74, 6) is 1.46. The molecule has 3 aliphatic rings. The van der Waals surface area contributed by atoms with E-state index >= 15 is 0 Å². The zero-order chi connectivity index (χ0) is 10.1. The molecule has 0 heterocycles.